The molecule has 20 heavy (non-hydrogen) atoms. The topological polar surface area (TPSA) is 24.4 Å². The van der Waals surface area contributed by atoms with Crippen LogP contribution in [0.1, 0.15) is 34.7 Å². The molecule has 0 amide bonds. The minimum absolute atomic E-state index is 0.0577. The quantitative estimate of drug-likeness (QED) is 0.878. The van der Waals surface area contributed by atoms with Crippen LogP contribution in [-0.2, 0) is 0 Å². The van der Waals surface area contributed by atoms with E-state index in [0.29, 0.717) is 0 Å². The highest BCUT2D eigenvalue weighted by molar-refractivity contribution is 6.02. The van der Waals surface area contributed by atoms with Gasteiger partial charge in [-0.3, -0.25) is 0 Å². The second-order valence-electron chi connectivity index (χ2n) is 5.30. The molecule has 1 N–H and O–H groups in total. The van der Waals surface area contributed by atoms with Gasteiger partial charge in [-0.25, -0.2) is 4.39 Å². The summed E-state index contributed by atoms with van der Waals surface area (Å²) in [6.45, 7) is 4.20. The van der Waals surface area contributed by atoms with Crippen molar-refractivity contribution in [2.45, 2.75) is 26.3 Å². The number of nitrogens with zero attached hydrogens (tertiary/aromatic N) is 1. The van der Waals surface area contributed by atoms with Gasteiger partial charge in [0.25, 0.3) is 0 Å². The highest BCUT2D eigenvalue weighted by atomic mass is 19.1. The van der Waals surface area contributed by atoms with Crippen molar-refractivity contribution < 1.29 is 4.39 Å². The molecule has 2 aromatic rings. The lowest BCUT2D eigenvalue weighted by molar-refractivity contribution is 0.596. The Morgan fingerprint density at radius 3 is 2.70 bits per heavy atom. The fraction of sp³-hybridized carbons (Fsp3) is 0.235. The van der Waals surface area contributed by atoms with Crippen molar-refractivity contribution in [3.05, 3.63) is 70.5 Å². The summed E-state index contributed by atoms with van der Waals surface area (Å²) >= 11 is 0. The highest BCUT2D eigenvalue weighted by Gasteiger charge is 2.21. The molecule has 0 radical (unpaired) electrons. The van der Waals surface area contributed by atoms with Crippen molar-refractivity contribution in [2.24, 2.45) is 5.10 Å². The summed E-state index contributed by atoms with van der Waals surface area (Å²) in [5.41, 5.74) is 8.75. The Morgan fingerprint density at radius 1 is 1.10 bits per heavy atom. The molecule has 2 aromatic carbocycles. The van der Waals surface area contributed by atoms with Crippen LogP contribution in [0.5, 0.6) is 0 Å². The van der Waals surface area contributed by atoms with E-state index in [2.05, 4.69) is 42.6 Å². The van der Waals surface area contributed by atoms with Crippen LogP contribution in [0.4, 0.5) is 4.39 Å². The molecule has 102 valence electrons. The average Bonchev–Trinajstić information content (AvgIpc) is 2.92. The summed E-state index contributed by atoms with van der Waals surface area (Å²) in [5.74, 6) is -0.205. The van der Waals surface area contributed by atoms with Gasteiger partial charge in [0.05, 0.1) is 11.8 Å². The first-order valence-corrected chi connectivity index (χ1v) is 6.78. The molecule has 0 fully saturated rings. The second-order valence-corrected chi connectivity index (χ2v) is 5.30. The highest BCUT2D eigenvalue weighted by Crippen LogP contribution is 2.25. The van der Waals surface area contributed by atoms with Gasteiger partial charge in [0, 0.05) is 6.42 Å². The first kappa shape index (κ1) is 12.9. The van der Waals surface area contributed by atoms with E-state index in [9.17, 15) is 4.39 Å². The Labute approximate surface area is 118 Å². The summed E-state index contributed by atoms with van der Waals surface area (Å²) in [6.07, 6.45) is 0.784. The van der Waals surface area contributed by atoms with E-state index in [-0.39, 0.29) is 11.9 Å². The Hall–Kier alpha value is -2.16. The molecule has 1 aliphatic rings. The van der Waals surface area contributed by atoms with Crippen molar-refractivity contribution in [3.63, 3.8) is 0 Å². The number of hydrogen-bond donors (Lipinski definition) is 1. The molecule has 1 heterocycles. The van der Waals surface area contributed by atoms with Gasteiger partial charge >= 0.3 is 0 Å². The molecule has 3 heteroatoms. The van der Waals surface area contributed by atoms with Crippen LogP contribution in [-0.4, -0.2) is 5.71 Å². The smallest absolute Gasteiger partial charge is 0.123 e. The maximum absolute atomic E-state index is 13.3. The third-order valence-corrected chi connectivity index (χ3v) is 3.84. The number of hydrogen-bond acceptors (Lipinski definition) is 2. The third kappa shape index (κ3) is 2.44. The van der Waals surface area contributed by atoms with Crippen LogP contribution in [0.3, 0.4) is 0 Å². The van der Waals surface area contributed by atoms with Crippen molar-refractivity contribution >= 4 is 5.71 Å². The third-order valence-electron chi connectivity index (χ3n) is 3.84. The Kier molecular flexibility index (Phi) is 3.26. The van der Waals surface area contributed by atoms with Gasteiger partial charge in [0.1, 0.15) is 5.82 Å². The lowest BCUT2D eigenvalue weighted by Gasteiger charge is -2.10. The molecule has 0 aromatic heterocycles. The predicted molar refractivity (Wildman–Crippen MR) is 79.3 cm³/mol. The second kappa shape index (κ2) is 5.08. The van der Waals surface area contributed by atoms with Crippen molar-refractivity contribution in [3.8, 4) is 0 Å². The van der Waals surface area contributed by atoms with Crippen LogP contribution >= 0.6 is 0 Å². The number of rotatable bonds is 2. The molecule has 3 rings (SSSR count). The standard InChI is InChI=1S/C17H17FN2/c1-11-6-7-14(8-12(11)2)17-10-16(19-20-17)13-4-3-5-15(18)9-13/h3-9,16,19H,10H2,1-2H3. The molecule has 0 aliphatic carbocycles. The van der Waals surface area contributed by atoms with Gasteiger partial charge in [-0.15, -0.1) is 0 Å². The van der Waals surface area contributed by atoms with Gasteiger partial charge in [0.15, 0.2) is 0 Å². The van der Waals surface area contributed by atoms with E-state index in [4.69, 9.17) is 0 Å². The average molecular weight is 268 g/mol. The molecular weight excluding hydrogens is 251 g/mol. The predicted octanol–water partition coefficient (Wildman–Crippen LogP) is 3.88. The molecule has 1 aliphatic heterocycles. The molecule has 0 spiro atoms. The summed E-state index contributed by atoms with van der Waals surface area (Å²) < 4.78 is 13.3. The summed E-state index contributed by atoms with van der Waals surface area (Å²) in [4.78, 5) is 0. The molecule has 0 bridgehead atoms. The molecule has 2 nitrogen and oxygen atoms in total. The fourth-order valence-electron chi connectivity index (χ4n) is 2.46. The Balaban J connectivity index is 1.80. The van der Waals surface area contributed by atoms with Crippen LogP contribution < -0.4 is 5.43 Å². The zero-order chi connectivity index (χ0) is 14.1. The van der Waals surface area contributed by atoms with E-state index in [1.54, 1.807) is 12.1 Å². The van der Waals surface area contributed by atoms with E-state index in [0.717, 1.165) is 23.3 Å². The van der Waals surface area contributed by atoms with Crippen molar-refractivity contribution in [2.75, 3.05) is 0 Å². The van der Waals surface area contributed by atoms with Gasteiger partial charge in [-0.2, -0.15) is 5.10 Å². The van der Waals surface area contributed by atoms with E-state index in [1.165, 1.54) is 17.2 Å². The zero-order valence-electron chi connectivity index (χ0n) is 11.7. The SMILES string of the molecule is Cc1ccc(C2=NNC(c3cccc(F)c3)C2)cc1C. The van der Waals surface area contributed by atoms with Gasteiger partial charge < -0.3 is 5.43 Å². The van der Waals surface area contributed by atoms with Crippen molar-refractivity contribution in [1.29, 1.82) is 0 Å². The monoisotopic (exact) mass is 268 g/mol. The van der Waals surface area contributed by atoms with E-state index < -0.39 is 0 Å². The Morgan fingerprint density at radius 2 is 1.95 bits per heavy atom. The van der Waals surface area contributed by atoms with Crippen LogP contribution in [0, 0.1) is 19.7 Å². The first-order chi connectivity index (χ1) is 9.63. The lowest BCUT2D eigenvalue weighted by Crippen LogP contribution is -2.10. The lowest BCUT2D eigenvalue weighted by atomic mass is 9.97. The number of hydrazone groups is 1. The van der Waals surface area contributed by atoms with Crippen LogP contribution in [0.25, 0.3) is 0 Å². The molecule has 1 unspecified atom stereocenters. The maximum Gasteiger partial charge on any atom is 0.123 e. The van der Waals surface area contributed by atoms with Gasteiger partial charge in [0.2, 0.25) is 0 Å². The molecular formula is C17H17FN2. The number of benzene rings is 2. The number of nitrogens with one attached hydrogen (secondary N) is 1. The summed E-state index contributed by atoms with van der Waals surface area (Å²) in [5, 5.41) is 4.41. The van der Waals surface area contributed by atoms with Gasteiger partial charge in [-0.05, 0) is 54.3 Å². The molecule has 0 saturated carbocycles. The van der Waals surface area contributed by atoms with E-state index >= 15 is 0 Å². The number of halogens is 1. The Bertz CT molecular complexity index is 676. The fourth-order valence-corrected chi connectivity index (χ4v) is 2.46. The summed E-state index contributed by atoms with van der Waals surface area (Å²) in [7, 11) is 0. The molecule has 0 saturated heterocycles. The zero-order valence-corrected chi connectivity index (χ0v) is 11.7. The minimum Gasteiger partial charge on any atom is -0.302 e. The van der Waals surface area contributed by atoms with E-state index in [1.807, 2.05) is 6.07 Å². The number of aryl methyl sites for hydroxylation is 2. The van der Waals surface area contributed by atoms with Gasteiger partial charge in [-0.1, -0.05) is 24.3 Å². The largest absolute Gasteiger partial charge is 0.302 e. The summed E-state index contributed by atoms with van der Waals surface area (Å²) in [6, 6.07) is 13.1. The van der Waals surface area contributed by atoms with Crippen LogP contribution in [0.2, 0.25) is 0 Å². The minimum atomic E-state index is -0.205. The molecule has 1 atom stereocenters. The van der Waals surface area contributed by atoms with Crippen LogP contribution in [0.15, 0.2) is 47.6 Å². The normalized spacial score (nSPS) is 17.8. The first-order valence-electron chi connectivity index (χ1n) is 6.78. The maximum atomic E-state index is 13.3. The van der Waals surface area contributed by atoms with Crippen molar-refractivity contribution in [1.82, 2.24) is 5.43 Å².